The molecule has 1 aromatic rings. The van der Waals surface area contributed by atoms with Gasteiger partial charge in [-0.2, -0.15) is 0 Å². The molecular weight excluding hydrogens is 168 g/mol. The van der Waals surface area contributed by atoms with Gasteiger partial charge in [0.2, 0.25) is 0 Å². The van der Waals surface area contributed by atoms with Gasteiger partial charge in [0, 0.05) is 19.2 Å². The van der Waals surface area contributed by atoms with Crippen molar-refractivity contribution in [2.75, 3.05) is 5.73 Å². The van der Waals surface area contributed by atoms with Crippen LogP contribution in [-0.4, -0.2) is 11.1 Å². The summed E-state index contributed by atoms with van der Waals surface area (Å²) in [5.74, 6) is -0.833. The van der Waals surface area contributed by atoms with Crippen molar-refractivity contribution in [3.63, 3.8) is 0 Å². The third-order valence-corrected chi connectivity index (χ3v) is 1.22. The molecular formula is C9H14N2O2. The standard InChI is InChI=1S/C7H10N2.C2H4O2/c8-5-6-1-3-7(9)4-2-6;1-2(3)4/h1-4H,5,8-9H2;1H3,(H,3,4). The van der Waals surface area contributed by atoms with Gasteiger partial charge in [-0.05, 0) is 17.7 Å². The number of carbonyl (C=O) groups is 1. The number of aliphatic carboxylic acids is 1. The lowest BCUT2D eigenvalue weighted by Crippen LogP contribution is -1.95. The molecule has 0 fully saturated rings. The molecule has 0 spiro atoms. The zero-order valence-corrected chi connectivity index (χ0v) is 7.53. The zero-order valence-electron chi connectivity index (χ0n) is 7.53. The Morgan fingerprint density at radius 3 is 2.08 bits per heavy atom. The van der Waals surface area contributed by atoms with Crippen LogP contribution in [0.25, 0.3) is 0 Å². The van der Waals surface area contributed by atoms with Crippen molar-refractivity contribution in [2.24, 2.45) is 5.73 Å². The fraction of sp³-hybridized carbons (Fsp3) is 0.222. The first-order chi connectivity index (χ1) is 6.06. The molecule has 0 bridgehead atoms. The first kappa shape index (κ1) is 11.4. The van der Waals surface area contributed by atoms with Crippen molar-refractivity contribution in [2.45, 2.75) is 13.5 Å². The molecule has 5 N–H and O–H groups in total. The summed E-state index contributed by atoms with van der Waals surface area (Å²) >= 11 is 0. The number of nitrogen functional groups attached to an aromatic ring is 1. The zero-order chi connectivity index (χ0) is 10.3. The van der Waals surface area contributed by atoms with E-state index in [4.69, 9.17) is 21.4 Å². The molecule has 0 heterocycles. The topological polar surface area (TPSA) is 89.3 Å². The fourth-order valence-electron chi connectivity index (χ4n) is 0.654. The third-order valence-electron chi connectivity index (χ3n) is 1.22. The molecule has 4 nitrogen and oxygen atoms in total. The Bertz CT molecular complexity index is 253. The van der Waals surface area contributed by atoms with E-state index < -0.39 is 5.97 Å². The second kappa shape index (κ2) is 6.02. The van der Waals surface area contributed by atoms with E-state index in [1.807, 2.05) is 24.3 Å². The number of hydrogen-bond acceptors (Lipinski definition) is 3. The van der Waals surface area contributed by atoms with E-state index in [-0.39, 0.29) is 0 Å². The van der Waals surface area contributed by atoms with E-state index in [9.17, 15) is 0 Å². The fourth-order valence-corrected chi connectivity index (χ4v) is 0.654. The highest BCUT2D eigenvalue weighted by molar-refractivity contribution is 5.62. The van der Waals surface area contributed by atoms with Crippen LogP contribution in [0.4, 0.5) is 5.69 Å². The Morgan fingerprint density at radius 1 is 1.38 bits per heavy atom. The van der Waals surface area contributed by atoms with Gasteiger partial charge < -0.3 is 16.6 Å². The van der Waals surface area contributed by atoms with Gasteiger partial charge in [-0.25, -0.2) is 0 Å². The van der Waals surface area contributed by atoms with Crippen LogP contribution in [0.3, 0.4) is 0 Å². The summed E-state index contributed by atoms with van der Waals surface area (Å²) in [5.41, 5.74) is 12.7. The number of carboxylic acids is 1. The predicted molar refractivity (Wildman–Crippen MR) is 52.1 cm³/mol. The number of carboxylic acid groups (broad SMARTS) is 1. The molecule has 0 aromatic heterocycles. The molecule has 0 radical (unpaired) electrons. The maximum atomic E-state index is 9.00. The number of anilines is 1. The van der Waals surface area contributed by atoms with Gasteiger partial charge in [-0.1, -0.05) is 12.1 Å². The maximum Gasteiger partial charge on any atom is 0.300 e. The molecule has 0 saturated carbocycles. The monoisotopic (exact) mass is 182 g/mol. The molecule has 72 valence electrons. The van der Waals surface area contributed by atoms with Crippen LogP contribution in [-0.2, 0) is 11.3 Å². The van der Waals surface area contributed by atoms with E-state index in [1.165, 1.54) is 0 Å². The Balaban J connectivity index is 0.000000310. The Labute approximate surface area is 77.2 Å². The van der Waals surface area contributed by atoms with Crippen LogP contribution < -0.4 is 11.5 Å². The molecule has 1 rings (SSSR count). The van der Waals surface area contributed by atoms with Gasteiger partial charge in [0.25, 0.3) is 5.97 Å². The molecule has 1 aromatic carbocycles. The summed E-state index contributed by atoms with van der Waals surface area (Å²) in [6, 6.07) is 7.55. The van der Waals surface area contributed by atoms with Gasteiger partial charge in [-0.3, -0.25) is 4.79 Å². The van der Waals surface area contributed by atoms with Crippen LogP contribution in [0.15, 0.2) is 24.3 Å². The average molecular weight is 182 g/mol. The van der Waals surface area contributed by atoms with E-state index >= 15 is 0 Å². The molecule has 13 heavy (non-hydrogen) atoms. The molecule has 0 aliphatic heterocycles. The Morgan fingerprint density at radius 2 is 1.77 bits per heavy atom. The second-order valence-electron chi connectivity index (χ2n) is 2.46. The smallest absolute Gasteiger partial charge is 0.300 e. The van der Waals surface area contributed by atoms with E-state index in [0.717, 1.165) is 18.2 Å². The van der Waals surface area contributed by atoms with E-state index in [2.05, 4.69) is 0 Å². The number of hydrogen-bond donors (Lipinski definition) is 3. The molecule has 0 aliphatic carbocycles. The molecule has 0 saturated heterocycles. The quantitative estimate of drug-likeness (QED) is 0.561. The summed E-state index contributed by atoms with van der Waals surface area (Å²) in [6.45, 7) is 1.67. The van der Waals surface area contributed by atoms with Crippen molar-refractivity contribution < 1.29 is 9.90 Å². The molecule has 0 unspecified atom stereocenters. The first-order valence-electron chi connectivity index (χ1n) is 3.80. The second-order valence-corrected chi connectivity index (χ2v) is 2.46. The Kier molecular flexibility index (Phi) is 5.30. The lowest BCUT2D eigenvalue weighted by molar-refractivity contribution is -0.134. The highest BCUT2D eigenvalue weighted by Crippen LogP contribution is 2.03. The minimum Gasteiger partial charge on any atom is -0.481 e. The van der Waals surface area contributed by atoms with Crippen LogP contribution >= 0.6 is 0 Å². The van der Waals surface area contributed by atoms with Gasteiger partial charge in [-0.15, -0.1) is 0 Å². The number of rotatable bonds is 1. The highest BCUT2D eigenvalue weighted by Gasteiger charge is 1.85. The molecule has 4 heteroatoms. The van der Waals surface area contributed by atoms with E-state index in [1.54, 1.807) is 0 Å². The van der Waals surface area contributed by atoms with Crippen molar-refractivity contribution in [3.05, 3.63) is 29.8 Å². The third kappa shape index (κ3) is 6.83. The van der Waals surface area contributed by atoms with Crippen molar-refractivity contribution in [1.82, 2.24) is 0 Å². The minimum absolute atomic E-state index is 0.584. The van der Waals surface area contributed by atoms with Gasteiger partial charge >= 0.3 is 0 Å². The SMILES string of the molecule is CC(=O)O.NCc1ccc(N)cc1. The summed E-state index contributed by atoms with van der Waals surface area (Å²) in [7, 11) is 0. The summed E-state index contributed by atoms with van der Waals surface area (Å²) < 4.78 is 0. The normalized spacial score (nSPS) is 8.46. The van der Waals surface area contributed by atoms with Crippen molar-refractivity contribution in [1.29, 1.82) is 0 Å². The molecule has 0 amide bonds. The highest BCUT2D eigenvalue weighted by atomic mass is 16.4. The number of benzene rings is 1. The van der Waals surface area contributed by atoms with Gasteiger partial charge in [0.15, 0.2) is 0 Å². The maximum absolute atomic E-state index is 9.00. The Hall–Kier alpha value is -1.55. The van der Waals surface area contributed by atoms with Gasteiger partial charge in [0.05, 0.1) is 0 Å². The predicted octanol–water partition coefficient (Wildman–Crippen LogP) is 0.818. The number of nitrogens with two attached hydrogens (primary N) is 2. The average Bonchev–Trinajstić information content (AvgIpc) is 2.05. The largest absolute Gasteiger partial charge is 0.481 e. The molecule has 0 atom stereocenters. The minimum atomic E-state index is -0.833. The van der Waals surface area contributed by atoms with Crippen LogP contribution in [0, 0.1) is 0 Å². The summed E-state index contributed by atoms with van der Waals surface area (Å²) in [6.07, 6.45) is 0. The van der Waals surface area contributed by atoms with Crippen LogP contribution in [0.2, 0.25) is 0 Å². The van der Waals surface area contributed by atoms with Crippen LogP contribution in [0.1, 0.15) is 12.5 Å². The summed E-state index contributed by atoms with van der Waals surface area (Å²) in [4.78, 5) is 9.00. The van der Waals surface area contributed by atoms with E-state index in [0.29, 0.717) is 6.54 Å². The lowest BCUT2D eigenvalue weighted by Gasteiger charge is -1.94. The lowest BCUT2D eigenvalue weighted by atomic mass is 10.2. The first-order valence-corrected chi connectivity index (χ1v) is 3.80. The van der Waals surface area contributed by atoms with Crippen molar-refractivity contribution >= 4 is 11.7 Å². The van der Waals surface area contributed by atoms with Crippen molar-refractivity contribution in [3.8, 4) is 0 Å². The van der Waals surface area contributed by atoms with Crippen LogP contribution in [0.5, 0.6) is 0 Å². The molecule has 0 aliphatic rings. The summed E-state index contributed by atoms with van der Waals surface area (Å²) in [5, 5.41) is 7.42. The van der Waals surface area contributed by atoms with Gasteiger partial charge in [0.1, 0.15) is 0 Å².